The van der Waals surface area contributed by atoms with Crippen molar-refractivity contribution < 1.29 is 9.90 Å². The minimum atomic E-state index is 0. The number of aldehydes is 1. The lowest BCUT2D eigenvalue weighted by atomic mass is 9.96. The Morgan fingerprint density at radius 1 is 0.440 bits per heavy atom. The molecule has 0 aromatic heterocycles. The molecule has 8 aliphatic rings. The number of allylic oxidation sites excluding steroid dienone is 7. The normalized spacial score (nSPS) is 34.8. The zero-order chi connectivity index (χ0) is 56.1. The molecule has 0 aromatic carbocycles. The number of hydrogen-bond acceptors (Lipinski definition) is 6. The monoisotopic (exact) mass is 1030 g/mol. The lowest BCUT2D eigenvalue weighted by Crippen LogP contribution is -1.99. The van der Waals surface area contributed by atoms with Crippen LogP contribution in [-0.2, 0) is 4.79 Å². The molecule has 0 radical (unpaired) electrons. The summed E-state index contributed by atoms with van der Waals surface area (Å²) in [6, 6.07) is 9.58. The van der Waals surface area contributed by atoms with Crippen LogP contribution in [0.4, 0.5) is 0 Å². The highest BCUT2D eigenvalue weighted by molar-refractivity contribution is 5.65. The van der Waals surface area contributed by atoms with Crippen molar-refractivity contribution in [1.82, 2.24) is 0 Å². The van der Waals surface area contributed by atoms with Crippen LogP contribution in [0.2, 0.25) is 0 Å². The largest absolute Gasteiger partial charge is 0.392 e. The molecule has 0 heterocycles. The fourth-order valence-electron chi connectivity index (χ4n) is 11.5. The molecule has 1 N–H and O–H groups in total. The zero-order valence-electron chi connectivity index (χ0n) is 51.0. The summed E-state index contributed by atoms with van der Waals surface area (Å²) in [4.78, 5) is 10.0. The van der Waals surface area contributed by atoms with E-state index >= 15 is 0 Å². The molecule has 8 saturated carbocycles. The van der Waals surface area contributed by atoms with Gasteiger partial charge in [-0.15, -0.1) is 0 Å². The predicted octanol–water partition coefficient (Wildman–Crippen LogP) is 19.6. The first-order valence-corrected chi connectivity index (χ1v) is 29.5. The average Bonchev–Trinajstić information content (AvgIpc) is 3.99. The maximum absolute atomic E-state index is 10.0. The van der Waals surface area contributed by atoms with Crippen molar-refractivity contribution in [2.75, 3.05) is 6.61 Å². The molecule has 8 aliphatic carbocycles. The van der Waals surface area contributed by atoms with Crippen molar-refractivity contribution in [3.63, 3.8) is 0 Å². The number of aliphatic hydroxyl groups is 1. The highest BCUT2D eigenvalue weighted by atomic mass is 16.2. The van der Waals surface area contributed by atoms with Gasteiger partial charge >= 0.3 is 0 Å². The molecule has 75 heavy (non-hydrogen) atoms. The van der Waals surface area contributed by atoms with E-state index in [4.69, 9.17) is 26.2 Å². The van der Waals surface area contributed by atoms with Crippen LogP contribution >= 0.6 is 0 Å². The second kappa shape index (κ2) is 27.9. The van der Waals surface area contributed by atoms with E-state index in [-0.39, 0.29) is 14.0 Å². The van der Waals surface area contributed by atoms with E-state index in [2.05, 4.69) is 154 Å². The van der Waals surface area contributed by atoms with Crippen LogP contribution in [0.15, 0.2) is 46.6 Å². The number of carbonyl (C=O) groups is 1. The summed E-state index contributed by atoms with van der Waals surface area (Å²) in [5, 5.41) is 43.7. The van der Waals surface area contributed by atoms with Gasteiger partial charge in [0.15, 0.2) is 0 Å². The molecule has 0 bridgehead atoms. The predicted molar refractivity (Wildman–Crippen MR) is 317 cm³/mol. The lowest BCUT2D eigenvalue weighted by molar-refractivity contribution is -0.104. The maximum atomic E-state index is 10.0. The molecule has 422 valence electrons. The third-order valence-corrected chi connectivity index (χ3v) is 20.1. The van der Waals surface area contributed by atoms with Crippen LogP contribution in [0.25, 0.3) is 0 Å². The van der Waals surface area contributed by atoms with Crippen molar-refractivity contribution in [3.05, 3.63) is 46.6 Å². The van der Waals surface area contributed by atoms with Crippen LogP contribution < -0.4 is 0 Å². The number of aliphatic hydroxyl groups excluding tert-OH is 1. The topological polar surface area (TPSA) is 132 Å². The van der Waals surface area contributed by atoms with Gasteiger partial charge in [0.2, 0.25) is 0 Å². The molecule has 0 aromatic rings. The van der Waals surface area contributed by atoms with Gasteiger partial charge in [0.25, 0.3) is 0 Å². The Bertz CT molecular complexity index is 1930. The van der Waals surface area contributed by atoms with Gasteiger partial charge in [-0.05, 0) is 243 Å². The summed E-state index contributed by atoms with van der Waals surface area (Å²) < 4.78 is 0. The molecule has 8 rings (SSSR count). The van der Waals surface area contributed by atoms with Crippen LogP contribution in [0.5, 0.6) is 0 Å². The molecule has 0 spiro atoms. The fourth-order valence-corrected chi connectivity index (χ4v) is 11.5. The highest BCUT2D eigenvalue weighted by Gasteiger charge is 2.56. The number of hydrogen-bond donors (Lipinski definition) is 1. The highest BCUT2D eigenvalue weighted by Crippen LogP contribution is 2.63. The van der Waals surface area contributed by atoms with Crippen LogP contribution in [0.3, 0.4) is 0 Å². The van der Waals surface area contributed by atoms with Crippen molar-refractivity contribution in [2.45, 2.75) is 260 Å². The van der Waals surface area contributed by atoms with Crippen molar-refractivity contribution in [2.24, 2.45) is 90.7 Å². The first-order valence-electron chi connectivity index (χ1n) is 29.5. The molecular weight excluding hydrogens is 917 g/mol. The molecule has 6 nitrogen and oxygen atoms in total. The Labute approximate surface area is 463 Å². The van der Waals surface area contributed by atoms with Gasteiger partial charge in [0.1, 0.15) is 6.29 Å². The Hall–Kier alpha value is -3.45. The smallest absolute Gasteiger partial charge is 0.142 e. The van der Waals surface area contributed by atoms with Crippen molar-refractivity contribution >= 4 is 6.29 Å². The third-order valence-electron chi connectivity index (χ3n) is 20.1. The van der Waals surface area contributed by atoms with E-state index in [1.807, 2.05) is 13.0 Å². The van der Waals surface area contributed by atoms with Crippen molar-refractivity contribution in [1.29, 1.82) is 21.0 Å². The van der Waals surface area contributed by atoms with E-state index in [9.17, 15) is 4.79 Å². The molecule has 0 saturated heterocycles. The first-order chi connectivity index (χ1) is 34.2. The van der Waals surface area contributed by atoms with E-state index in [1.165, 1.54) is 93.8 Å². The van der Waals surface area contributed by atoms with E-state index in [1.54, 1.807) is 6.08 Å². The van der Waals surface area contributed by atoms with Gasteiger partial charge in [-0.1, -0.05) is 131 Å². The van der Waals surface area contributed by atoms with E-state index < -0.39 is 0 Å². The minimum Gasteiger partial charge on any atom is -0.392 e. The van der Waals surface area contributed by atoms with Gasteiger partial charge in [0.05, 0.1) is 54.6 Å². The minimum absolute atomic E-state index is 0. The molecule has 0 amide bonds. The third kappa shape index (κ3) is 23.6. The number of carbonyl (C=O) groups excluding carboxylic acids is 1. The lowest BCUT2D eigenvalue weighted by Gasteiger charge is -2.09. The second-order valence-electron chi connectivity index (χ2n) is 29.9. The number of rotatable bonds is 20. The Balaban J connectivity index is 0.000000308. The molecule has 4 unspecified atom stereocenters. The van der Waals surface area contributed by atoms with Crippen LogP contribution in [0, 0.1) is 136 Å². The van der Waals surface area contributed by atoms with E-state index in [0.29, 0.717) is 67.0 Å². The number of nitriles is 4. The first kappa shape index (κ1) is 67.7. The molecule has 12 atom stereocenters. The van der Waals surface area contributed by atoms with Crippen LogP contribution in [0.1, 0.15) is 260 Å². The van der Waals surface area contributed by atoms with Gasteiger partial charge in [-0.25, -0.2) is 0 Å². The standard InChI is InChI=1S/4C12H19N.C10H18O.C10H16O.CH4/c4*1-11(2)6-9(11)4-5-12(3)7-10(12)8-13;2*1-9(2)5-4-6-10(3)7-8-11;/h4*9-10H,4-7H2,1-3H3;5,7,11H,4,6,8H2,1-3H3;5,7-8H,4,6H2,1-3H3;1H4/b;;;;2*10-7-;/t4*9?,10-,12-;;;/m1100.../s1. The Kier molecular flexibility index (Phi) is 25.2. The summed E-state index contributed by atoms with van der Waals surface area (Å²) in [6.07, 6.45) is 33.6. The maximum Gasteiger partial charge on any atom is 0.142 e. The summed E-state index contributed by atoms with van der Waals surface area (Å²) in [5.41, 5.74) is 9.18. The van der Waals surface area contributed by atoms with Crippen molar-refractivity contribution in [3.8, 4) is 24.3 Å². The molecule has 8 fully saturated rings. The Morgan fingerprint density at radius 2 is 0.680 bits per heavy atom. The summed E-state index contributed by atoms with van der Waals surface area (Å²) in [5.74, 6) is 5.27. The molecule has 6 heteroatoms. The summed E-state index contributed by atoms with van der Waals surface area (Å²) >= 11 is 0. The van der Waals surface area contributed by atoms with E-state index in [0.717, 1.165) is 86.9 Å². The fraction of sp³-hybridized carbons (Fsp3) is 0.812. The van der Waals surface area contributed by atoms with Crippen LogP contribution in [-0.4, -0.2) is 18.0 Å². The molecule has 0 aliphatic heterocycles. The quantitative estimate of drug-likeness (QED) is 0.0734. The summed E-state index contributed by atoms with van der Waals surface area (Å²) in [7, 11) is 0. The zero-order valence-corrected chi connectivity index (χ0v) is 51.0. The number of nitrogens with zero attached hydrogens (tertiary/aromatic N) is 4. The SMILES string of the molecule is C.CC(C)=CCC/C(C)=C\C=O.CC(C)=CCC/C(C)=C\CO.CC1(C)CC1CC[C@@]1(C)C[C@H]1C#N.CC1(C)CC1CC[C@@]1(C)C[C@H]1C#N.CC1(C)CC1CC[C@]1(C)C[C@@H]1C#N.CC1(C)CC1CC[C@]1(C)C[C@@H]1C#N. The van der Waals surface area contributed by atoms with Gasteiger partial charge in [-0.2, -0.15) is 21.0 Å². The molecular formula is C69H114N4O2. The Morgan fingerprint density at radius 3 is 0.853 bits per heavy atom. The van der Waals surface area contributed by atoms with Gasteiger partial charge < -0.3 is 5.11 Å². The summed E-state index contributed by atoms with van der Waals surface area (Å²) in [6.45, 7) is 40.5. The average molecular weight is 1030 g/mol. The van der Waals surface area contributed by atoms with Gasteiger partial charge in [-0.3, -0.25) is 4.79 Å². The second-order valence-corrected chi connectivity index (χ2v) is 29.9. The van der Waals surface area contributed by atoms with Gasteiger partial charge in [0, 0.05) is 0 Å².